The average molecular weight is 321 g/mol. The smallest absolute Gasteiger partial charge is 0.247 e. The third-order valence-corrected chi connectivity index (χ3v) is 3.59. The van der Waals surface area contributed by atoms with Crippen LogP contribution in [0.4, 0.5) is 11.6 Å². The topological polar surface area (TPSA) is 82.2 Å². The molecular formula is C16H15N7O. The van der Waals surface area contributed by atoms with Crippen LogP contribution in [0.2, 0.25) is 0 Å². The van der Waals surface area contributed by atoms with Crippen molar-refractivity contribution < 1.29 is 4.74 Å². The maximum atomic E-state index is 5.34. The molecule has 0 aliphatic heterocycles. The first-order valence-corrected chi connectivity index (χ1v) is 7.35. The lowest BCUT2D eigenvalue weighted by Crippen LogP contribution is -1.96. The molecule has 8 heteroatoms. The molecule has 0 atom stereocenters. The van der Waals surface area contributed by atoms with Crippen LogP contribution in [-0.2, 0) is 7.05 Å². The van der Waals surface area contributed by atoms with Crippen molar-refractivity contribution in [2.24, 2.45) is 7.05 Å². The van der Waals surface area contributed by atoms with Crippen molar-refractivity contribution in [3.63, 3.8) is 0 Å². The Balaban J connectivity index is 1.76. The van der Waals surface area contributed by atoms with Gasteiger partial charge in [0, 0.05) is 31.2 Å². The van der Waals surface area contributed by atoms with E-state index in [1.165, 1.54) is 0 Å². The second-order valence-corrected chi connectivity index (χ2v) is 5.21. The Morgan fingerprint density at radius 1 is 1.21 bits per heavy atom. The molecule has 0 saturated carbocycles. The molecule has 120 valence electrons. The summed E-state index contributed by atoms with van der Waals surface area (Å²) >= 11 is 0. The first-order chi connectivity index (χ1) is 11.7. The molecule has 0 amide bonds. The molecular weight excluding hydrogens is 306 g/mol. The Kier molecular flexibility index (Phi) is 3.34. The average Bonchev–Trinajstić information content (AvgIpc) is 3.20. The molecule has 1 aromatic carbocycles. The number of hydrogen-bond acceptors (Lipinski definition) is 6. The van der Waals surface area contributed by atoms with E-state index < -0.39 is 0 Å². The highest BCUT2D eigenvalue weighted by atomic mass is 16.5. The second-order valence-electron chi connectivity index (χ2n) is 5.21. The van der Waals surface area contributed by atoms with Crippen molar-refractivity contribution >= 4 is 17.3 Å². The van der Waals surface area contributed by atoms with Crippen LogP contribution in [0.25, 0.3) is 16.9 Å². The van der Waals surface area contributed by atoms with E-state index in [1.807, 2.05) is 37.5 Å². The largest absolute Gasteiger partial charge is 0.495 e. The summed E-state index contributed by atoms with van der Waals surface area (Å²) in [6, 6.07) is 7.61. The van der Waals surface area contributed by atoms with Crippen molar-refractivity contribution in [3.05, 3.63) is 49.1 Å². The van der Waals surface area contributed by atoms with Gasteiger partial charge < -0.3 is 10.1 Å². The predicted molar refractivity (Wildman–Crippen MR) is 89.3 cm³/mol. The minimum absolute atomic E-state index is 0.470. The fourth-order valence-electron chi connectivity index (χ4n) is 2.49. The standard InChI is InChI=1S/C16H15N7O/c1-22-10-11(9-18-22)14-15-20-16(21-23(15)8-7-17-14)19-12-5-3-4-6-13(12)24-2/h3-10H,1-2H3,(H,19,21). The van der Waals surface area contributed by atoms with Crippen molar-refractivity contribution in [2.45, 2.75) is 0 Å². The molecule has 1 N–H and O–H groups in total. The molecule has 3 heterocycles. The predicted octanol–water partition coefficient (Wildman–Crippen LogP) is 2.28. The van der Waals surface area contributed by atoms with Crippen LogP contribution in [0.3, 0.4) is 0 Å². The first kappa shape index (κ1) is 14.2. The summed E-state index contributed by atoms with van der Waals surface area (Å²) in [6.07, 6.45) is 7.10. The van der Waals surface area contributed by atoms with Gasteiger partial charge in [0.05, 0.1) is 19.0 Å². The number of rotatable bonds is 4. The van der Waals surface area contributed by atoms with E-state index in [9.17, 15) is 0 Å². The van der Waals surface area contributed by atoms with Gasteiger partial charge in [0.2, 0.25) is 5.95 Å². The third kappa shape index (κ3) is 2.43. The van der Waals surface area contributed by atoms with Crippen molar-refractivity contribution in [3.8, 4) is 17.0 Å². The lowest BCUT2D eigenvalue weighted by Gasteiger charge is -2.07. The zero-order valence-electron chi connectivity index (χ0n) is 13.2. The molecule has 0 aliphatic rings. The number of nitrogens with one attached hydrogen (secondary N) is 1. The number of aryl methyl sites for hydroxylation is 1. The van der Waals surface area contributed by atoms with Crippen LogP contribution in [0.1, 0.15) is 0 Å². The summed E-state index contributed by atoms with van der Waals surface area (Å²) in [6.45, 7) is 0. The van der Waals surface area contributed by atoms with E-state index in [-0.39, 0.29) is 0 Å². The number of fused-ring (bicyclic) bond motifs is 1. The molecule has 0 saturated heterocycles. The Hall–Kier alpha value is -3.42. The molecule has 4 rings (SSSR count). The van der Waals surface area contributed by atoms with E-state index in [0.29, 0.717) is 11.6 Å². The maximum Gasteiger partial charge on any atom is 0.247 e. The van der Waals surface area contributed by atoms with Crippen LogP contribution in [-0.4, -0.2) is 36.5 Å². The van der Waals surface area contributed by atoms with Gasteiger partial charge in [-0.15, -0.1) is 5.10 Å². The summed E-state index contributed by atoms with van der Waals surface area (Å²) < 4.78 is 8.75. The second kappa shape index (κ2) is 5.65. The van der Waals surface area contributed by atoms with Gasteiger partial charge in [-0.3, -0.25) is 9.67 Å². The fourth-order valence-corrected chi connectivity index (χ4v) is 2.49. The molecule has 0 aliphatic carbocycles. The normalized spacial score (nSPS) is 10.9. The highest BCUT2D eigenvalue weighted by Crippen LogP contribution is 2.27. The Morgan fingerprint density at radius 3 is 2.88 bits per heavy atom. The molecule has 0 unspecified atom stereocenters. The molecule has 8 nitrogen and oxygen atoms in total. The monoisotopic (exact) mass is 321 g/mol. The van der Waals surface area contributed by atoms with E-state index in [0.717, 1.165) is 22.7 Å². The van der Waals surface area contributed by atoms with Gasteiger partial charge >= 0.3 is 0 Å². The minimum atomic E-state index is 0.470. The Morgan fingerprint density at radius 2 is 2.08 bits per heavy atom. The molecule has 0 radical (unpaired) electrons. The number of para-hydroxylation sites is 2. The molecule has 24 heavy (non-hydrogen) atoms. The number of anilines is 2. The summed E-state index contributed by atoms with van der Waals surface area (Å²) in [5.41, 5.74) is 3.07. The highest BCUT2D eigenvalue weighted by molar-refractivity contribution is 5.74. The van der Waals surface area contributed by atoms with Gasteiger partial charge in [-0.1, -0.05) is 12.1 Å². The van der Waals surface area contributed by atoms with Crippen LogP contribution < -0.4 is 10.1 Å². The Bertz CT molecular complexity index is 1000. The lowest BCUT2D eigenvalue weighted by molar-refractivity contribution is 0.417. The summed E-state index contributed by atoms with van der Waals surface area (Å²) in [4.78, 5) is 8.97. The van der Waals surface area contributed by atoms with Crippen molar-refractivity contribution in [1.29, 1.82) is 0 Å². The van der Waals surface area contributed by atoms with Crippen LogP contribution >= 0.6 is 0 Å². The van der Waals surface area contributed by atoms with E-state index in [1.54, 1.807) is 34.9 Å². The summed E-state index contributed by atoms with van der Waals surface area (Å²) in [5.74, 6) is 1.19. The summed E-state index contributed by atoms with van der Waals surface area (Å²) in [5, 5.41) is 11.8. The van der Waals surface area contributed by atoms with Gasteiger partial charge in [0.15, 0.2) is 5.65 Å². The zero-order valence-corrected chi connectivity index (χ0v) is 13.2. The van der Waals surface area contributed by atoms with Crippen molar-refractivity contribution in [2.75, 3.05) is 12.4 Å². The maximum absolute atomic E-state index is 5.34. The number of ether oxygens (including phenoxy) is 1. The van der Waals surface area contributed by atoms with Crippen LogP contribution in [0, 0.1) is 0 Å². The molecule has 4 aromatic rings. The molecule has 0 spiro atoms. The molecule has 0 bridgehead atoms. The Labute approximate surface area is 137 Å². The summed E-state index contributed by atoms with van der Waals surface area (Å²) in [7, 11) is 3.49. The van der Waals surface area contributed by atoms with Gasteiger partial charge in [-0.05, 0) is 12.1 Å². The van der Waals surface area contributed by atoms with Crippen LogP contribution in [0.5, 0.6) is 5.75 Å². The molecule has 3 aromatic heterocycles. The van der Waals surface area contributed by atoms with E-state index in [4.69, 9.17) is 4.74 Å². The van der Waals surface area contributed by atoms with Gasteiger partial charge in [-0.25, -0.2) is 4.52 Å². The van der Waals surface area contributed by atoms with E-state index in [2.05, 4.69) is 25.5 Å². The van der Waals surface area contributed by atoms with E-state index >= 15 is 0 Å². The highest BCUT2D eigenvalue weighted by Gasteiger charge is 2.13. The van der Waals surface area contributed by atoms with Gasteiger partial charge in [0.1, 0.15) is 11.4 Å². The van der Waals surface area contributed by atoms with Crippen molar-refractivity contribution in [1.82, 2.24) is 29.4 Å². The zero-order chi connectivity index (χ0) is 16.5. The number of aromatic nitrogens is 6. The molecule has 0 fully saturated rings. The lowest BCUT2D eigenvalue weighted by atomic mass is 10.2. The quantitative estimate of drug-likeness (QED) is 0.621. The minimum Gasteiger partial charge on any atom is -0.495 e. The number of hydrogen-bond donors (Lipinski definition) is 1. The number of benzene rings is 1. The third-order valence-electron chi connectivity index (χ3n) is 3.59. The van der Waals surface area contributed by atoms with Crippen LogP contribution in [0.15, 0.2) is 49.1 Å². The number of methoxy groups -OCH3 is 1. The fraction of sp³-hybridized carbons (Fsp3) is 0.125. The SMILES string of the molecule is COc1ccccc1Nc1nc2c(-c3cnn(C)c3)nccn2n1. The van der Waals surface area contributed by atoms with Gasteiger partial charge in [-0.2, -0.15) is 10.1 Å². The first-order valence-electron chi connectivity index (χ1n) is 7.35. The van der Waals surface area contributed by atoms with Gasteiger partial charge in [0.25, 0.3) is 0 Å². The number of nitrogens with zero attached hydrogens (tertiary/aromatic N) is 6.